The highest BCUT2D eigenvalue weighted by Gasteiger charge is 2.25. The lowest BCUT2D eigenvalue weighted by Gasteiger charge is -2.19. The maximum absolute atomic E-state index is 10.7. The van der Waals surface area contributed by atoms with Crippen LogP contribution in [0.4, 0.5) is 0 Å². The third kappa shape index (κ3) is 2.37. The van der Waals surface area contributed by atoms with E-state index < -0.39 is 5.97 Å². The van der Waals surface area contributed by atoms with Crippen LogP contribution in [0.2, 0.25) is 0 Å². The number of aliphatic carboxylic acids is 1. The summed E-state index contributed by atoms with van der Waals surface area (Å²) in [7, 11) is 1.84. The van der Waals surface area contributed by atoms with E-state index in [2.05, 4.69) is 25.9 Å². The van der Waals surface area contributed by atoms with Crippen molar-refractivity contribution in [2.75, 3.05) is 0 Å². The molecule has 0 unspecified atom stereocenters. The molecule has 15 heavy (non-hydrogen) atoms. The molecule has 1 aromatic rings. The molecule has 1 rings (SSSR count). The lowest BCUT2D eigenvalue weighted by atomic mass is 9.84. The molecule has 0 radical (unpaired) electrons. The largest absolute Gasteiger partial charge is 0.481 e. The van der Waals surface area contributed by atoms with E-state index in [1.54, 1.807) is 4.68 Å². The minimum absolute atomic E-state index is 0.00567. The van der Waals surface area contributed by atoms with Gasteiger partial charge < -0.3 is 5.11 Å². The van der Waals surface area contributed by atoms with Crippen LogP contribution in [0, 0.1) is 6.92 Å². The highest BCUT2D eigenvalue weighted by Crippen LogP contribution is 2.28. The van der Waals surface area contributed by atoms with E-state index >= 15 is 0 Å². The molecule has 4 nitrogen and oxygen atoms in total. The van der Waals surface area contributed by atoms with Crippen molar-refractivity contribution in [1.82, 2.24) is 9.78 Å². The molecule has 0 bridgehead atoms. The van der Waals surface area contributed by atoms with Crippen LogP contribution in [-0.2, 0) is 23.7 Å². The lowest BCUT2D eigenvalue weighted by molar-refractivity contribution is -0.136. The smallest absolute Gasteiger partial charge is 0.309 e. The van der Waals surface area contributed by atoms with Gasteiger partial charge in [0, 0.05) is 18.3 Å². The van der Waals surface area contributed by atoms with E-state index in [1.807, 2.05) is 14.0 Å². The Morgan fingerprint density at radius 2 is 2.00 bits per heavy atom. The second-order valence-electron chi connectivity index (χ2n) is 4.85. The SMILES string of the molecule is Cc1c(C(C)(C)C)c(CC(=O)O)nn1C. The minimum atomic E-state index is -0.835. The summed E-state index contributed by atoms with van der Waals surface area (Å²) in [4.78, 5) is 10.7. The summed E-state index contributed by atoms with van der Waals surface area (Å²) in [5, 5.41) is 13.1. The molecule has 0 amide bonds. The molecule has 0 fully saturated rings. The Balaban J connectivity index is 3.27. The number of hydrogen-bond acceptors (Lipinski definition) is 2. The van der Waals surface area contributed by atoms with Gasteiger partial charge in [-0.3, -0.25) is 9.48 Å². The van der Waals surface area contributed by atoms with E-state index in [-0.39, 0.29) is 11.8 Å². The van der Waals surface area contributed by atoms with E-state index in [9.17, 15) is 4.79 Å². The van der Waals surface area contributed by atoms with Crippen LogP contribution in [-0.4, -0.2) is 20.9 Å². The van der Waals surface area contributed by atoms with Crippen molar-refractivity contribution in [2.24, 2.45) is 7.05 Å². The van der Waals surface area contributed by atoms with Crippen molar-refractivity contribution >= 4 is 5.97 Å². The molecule has 0 atom stereocenters. The third-order valence-corrected chi connectivity index (χ3v) is 2.48. The van der Waals surface area contributed by atoms with Crippen molar-refractivity contribution in [3.05, 3.63) is 17.0 Å². The molecule has 4 heteroatoms. The number of nitrogens with zero attached hydrogens (tertiary/aromatic N) is 2. The first-order chi connectivity index (χ1) is 6.73. The van der Waals surface area contributed by atoms with Crippen LogP contribution in [0.25, 0.3) is 0 Å². The average Bonchev–Trinajstić information content (AvgIpc) is 2.24. The summed E-state index contributed by atoms with van der Waals surface area (Å²) in [6.45, 7) is 8.19. The quantitative estimate of drug-likeness (QED) is 0.807. The number of aromatic nitrogens is 2. The Bertz CT molecular complexity index is 386. The van der Waals surface area contributed by atoms with Gasteiger partial charge in [-0.25, -0.2) is 0 Å². The predicted octanol–water partition coefficient (Wildman–Crippen LogP) is 1.65. The van der Waals surface area contributed by atoms with Gasteiger partial charge in [0.2, 0.25) is 0 Å². The molecule has 0 aliphatic carbocycles. The molecule has 1 aromatic heterocycles. The summed E-state index contributed by atoms with van der Waals surface area (Å²) >= 11 is 0. The van der Waals surface area contributed by atoms with E-state index in [0.717, 1.165) is 11.3 Å². The monoisotopic (exact) mass is 210 g/mol. The fraction of sp³-hybridized carbons (Fsp3) is 0.636. The highest BCUT2D eigenvalue weighted by molar-refractivity contribution is 5.70. The molecule has 0 saturated carbocycles. The molecular weight excluding hydrogens is 192 g/mol. The fourth-order valence-electron chi connectivity index (χ4n) is 1.92. The van der Waals surface area contributed by atoms with Gasteiger partial charge in [0.25, 0.3) is 0 Å². The van der Waals surface area contributed by atoms with Gasteiger partial charge in [-0.05, 0) is 12.3 Å². The maximum atomic E-state index is 10.7. The number of carboxylic acids is 1. The van der Waals surface area contributed by atoms with Crippen molar-refractivity contribution in [2.45, 2.75) is 39.5 Å². The Hall–Kier alpha value is -1.32. The molecule has 0 aliphatic rings. The first-order valence-electron chi connectivity index (χ1n) is 4.98. The fourth-order valence-corrected chi connectivity index (χ4v) is 1.92. The number of hydrogen-bond donors (Lipinski definition) is 1. The molecule has 0 spiro atoms. The maximum Gasteiger partial charge on any atom is 0.309 e. The minimum Gasteiger partial charge on any atom is -0.481 e. The van der Waals surface area contributed by atoms with E-state index in [0.29, 0.717) is 5.69 Å². The zero-order chi connectivity index (χ0) is 11.8. The lowest BCUT2D eigenvalue weighted by Crippen LogP contribution is -2.16. The number of carboxylic acid groups (broad SMARTS) is 1. The molecule has 0 saturated heterocycles. The van der Waals surface area contributed by atoms with Crippen LogP contribution in [0.3, 0.4) is 0 Å². The van der Waals surface area contributed by atoms with Gasteiger partial charge in [-0.1, -0.05) is 20.8 Å². The second kappa shape index (κ2) is 3.68. The zero-order valence-electron chi connectivity index (χ0n) is 9.96. The molecular formula is C11H18N2O2. The van der Waals surface area contributed by atoms with Crippen molar-refractivity contribution in [1.29, 1.82) is 0 Å². The van der Waals surface area contributed by atoms with Crippen LogP contribution in [0.1, 0.15) is 37.7 Å². The summed E-state index contributed by atoms with van der Waals surface area (Å²) in [5.74, 6) is -0.835. The predicted molar refractivity (Wildman–Crippen MR) is 58.0 cm³/mol. The first-order valence-corrected chi connectivity index (χ1v) is 4.98. The Morgan fingerprint density at radius 1 is 1.47 bits per heavy atom. The number of carbonyl (C=O) groups is 1. The summed E-state index contributed by atoms with van der Waals surface area (Å²) in [6, 6.07) is 0. The average molecular weight is 210 g/mol. The van der Waals surface area contributed by atoms with E-state index in [4.69, 9.17) is 5.11 Å². The van der Waals surface area contributed by atoms with Gasteiger partial charge >= 0.3 is 5.97 Å². The normalized spacial score (nSPS) is 11.8. The van der Waals surface area contributed by atoms with Crippen molar-refractivity contribution < 1.29 is 9.90 Å². The first kappa shape index (κ1) is 11.8. The Labute approximate surface area is 89.9 Å². The second-order valence-corrected chi connectivity index (χ2v) is 4.85. The Kier molecular flexibility index (Phi) is 2.88. The topological polar surface area (TPSA) is 55.1 Å². The summed E-state index contributed by atoms with van der Waals surface area (Å²) in [6.07, 6.45) is -0.00567. The summed E-state index contributed by atoms with van der Waals surface area (Å²) < 4.78 is 1.75. The highest BCUT2D eigenvalue weighted by atomic mass is 16.4. The molecule has 1 heterocycles. The van der Waals surface area contributed by atoms with Crippen LogP contribution in [0.15, 0.2) is 0 Å². The van der Waals surface area contributed by atoms with Gasteiger partial charge in [0.1, 0.15) is 0 Å². The van der Waals surface area contributed by atoms with Crippen molar-refractivity contribution in [3.8, 4) is 0 Å². The zero-order valence-corrected chi connectivity index (χ0v) is 9.96. The standard InChI is InChI=1S/C11H18N2O2/c1-7-10(11(2,3)4)8(6-9(14)15)12-13(7)5/h6H2,1-5H3,(H,14,15). The molecule has 0 aliphatic heterocycles. The molecule has 0 aromatic carbocycles. The van der Waals surface area contributed by atoms with Crippen LogP contribution < -0.4 is 0 Å². The van der Waals surface area contributed by atoms with Gasteiger partial charge in [0.15, 0.2) is 0 Å². The van der Waals surface area contributed by atoms with Crippen LogP contribution in [0.5, 0.6) is 0 Å². The van der Waals surface area contributed by atoms with Gasteiger partial charge in [-0.2, -0.15) is 5.10 Å². The summed E-state index contributed by atoms with van der Waals surface area (Å²) in [5.41, 5.74) is 2.70. The molecule has 84 valence electrons. The third-order valence-electron chi connectivity index (χ3n) is 2.48. The van der Waals surface area contributed by atoms with E-state index in [1.165, 1.54) is 0 Å². The van der Waals surface area contributed by atoms with Crippen molar-refractivity contribution in [3.63, 3.8) is 0 Å². The van der Waals surface area contributed by atoms with Gasteiger partial charge in [-0.15, -0.1) is 0 Å². The van der Waals surface area contributed by atoms with Crippen LogP contribution >= 0.6 is 0 Å². The Morgan fingerprint density at radius 3 is 2.40 bits per heavy atom. The number of rotatable bonds is 2. The number of aryl methyl sites for hydroxylation is 1. The molecule has 1 N–H and O–H groups in total. The van der Waals surface area contributed by atoms with Gasteiger partial charge in [0.05, 0.1) is 12.1 Å².